The fourth-order valence-electron chi connectivity index (χ4n) is 3.06. The fraction of sp³-hybridized carbons (Fsp3) is 0.125. The lowest BCUT2D eigenvalue weighted by Crippen LogP contribution is -2.14. The second-order valence-electron chi connectivity index (χ2n) is 7.38. The Morgan fingerprint density at radius 2 is 1.71 bits per heavy atom. The van der Waals surface area contributed by atoms with Crippen molar-refractivity contribution >= 4 is 39.1 Å². The third-order valence-electron chi connectivity index (χ3n) is 4.91. The molecule has 0 bridgehead atoms. The quantitative estimate of drug-likeness (QED) is 0.314. The summed E-state index contributed by atoms with van der Waals surface area (Å²) in [6, 6.07) is 20.1. The van der Waals surface area contributed by atoms with E-state index in [0.717, 1.165) is 23.0 Å². The average Bonchev–Trinajstić information content (AvgIpc) is 3.34. The number of thioether (sulfide) groups is 1. The van der Waals surface area contributed by atoms with Gasteiger partial charge >= 0.3 is 0 Å². The number of benzene rings is 3. The van der Waals surface area contributed by atoms with Gasteiger partial charge in [0, 0.05) is 16.9 Å². The number of aromatic nitrogens is 2. The molecule has 0 aliphatic heterocycles. The number of rotatable bonds is 9. The van der Waals surface area contributed by atoms with Crippen LogP contribution in [-0.4, -0.2) is 37.4 Å². The Labute approximate surface area is 207 Å². The van der Waals surface area contributed by atoms with Crippen LogP contribution in [0.2, 0.25) is 0 Å². The minimum Gasteiger partial charge on any atom is -0.497 e. The maximum atomic E-state index is 12.6. The second-order valence-corrected chi connectivity index (χ2v) is 9.99. The van der Waals surface area contributed by atoms with E-state index in [1.165, 1.54) is 19.2 Å². The zero-order chi connectivity index (χ0) is 24.8. The summed E-state index contributed by atoms with van der Waals surface area (Å²) in [5, 5.41) is 11.1. The molecule has 0 fully saturated rings. The summed E-state index contributed by atoms with van der Waals surface area (Å²) in [7, 11) is -2.24. The average molecular weight is 511 g/mol. The van der Waals surface area contributed by atoms with Crippen LogP contribution in [0.1, 0.15) is 5.56 Å². The molecule has 0 aliphatic carbocycles. The van der Waals surface area contributed by atoms with Crippen LogP contribution in [-0.2, 0) is 14.8 Å². The molecule has 11 heteroatoms. The second kappa shape index (κ2) is 10.6. The Bertz CT molecular complexity index is 1420. The van der Waals surface area contributed by atoms with Crippen LogP contribution in [0.25, 0.3) is 11.5 Å². The number of nitrogens with zero attached hydrogens (tertiary/aromatic N) is 2. The molecule has 0 spiro atoms. The van der Waals surface area contributed by atoms with Gasteiger partial charge in [0.1, 0.15) is 5.75 Å². The molecule has 1 amide bonds. The SMILES string of the molecule is COc1ccc(S(=O)(=O)Nc2ccc(-c3nnc(SCC(=O)Nc4ccccc4C)o3)cc2)cc1. The number of ether oxygens (including phenoxy) is 1. The van der Waals surface area contributed by atoms with Gasteiger partial charge in [0.05, 0.1) is 17.8 Å². The van der Waals surface area contributed by atoms with Gasteiger partial charge in [-0.3, -0.25) is 9.52 Å². The molecule has 0 radical (unpaired) electrons. The van der Waals surface area contributed by atoms with Gasteiger partial charge in [0.25, 0.3) is 15.2 Å². The summed E-state index contributed by atoms with van der Waals surface area (Å²) in [6.45, 7) is 1.92. The Balaban J connectivity index is 1.35. The van der Waals surface area contributed by atoms with Crippen molar-refractivity contribution in [3.05, 3.63) is 78.4 Å². The van der Waals surface area contributed by atoms with Crippen molar-refractivity contribution in [2.45, 2.75) is 17.0 Å². The number of anilines is 2. The Morgan fingerprint density at radius 1 is 1.00 bits per heavy atom. The molecule has 0 unspecified atom stereocenters. The smallest absolute Gasteiger partial charge is 0.277 e. The number of aryl methyl sites for hydroxylation is 1. The van der Waals surface area contributed by atoms with Crippen LogP contribution in [0.5, 0.6) is 5.75 Å². The highest BCUT2D eigenvalue weighted by atomic mass is 32.2. The first-order valence-electron chi connectivity index (χ1n) is 10.4. The Hall–Kier alpha value is -3.83. The zero-order valence-electron chi connectivity index (χ0n) is 18.9. The van der Waals surface area contributed by atoms with Gasteiger partial charge in [-0.1, -0.05) is 30.0 Å². The summed E-state index contributed by atoms with van der Waals surface area (Å²) >= 11 is 1.13. The molecule has 3 aromatic carbocycles. The van der Waals surface area contributed by atoms with E-state index >= 15 is 0 Å². The van der Waals surface area contributed by atoms with Crippen molar-refractivity contribution in [2.75, 3.05) is 22.9 Å². The van der Waals surface area contributed by atoms with Crippen molar-refractivity contribution < 1.29 is 22.4 Å². The standard InChI is InChI=1S/C24H22N4O5S2/c1-16-5-3-4-6-21(16)25-22(29)15-34-24-27-26-23(33-24)17-7-9-18(10-8-17)28-35(30,31)20-13-11-19(32-2)12-14-20/h3-14,28H,15H2,1-2H3,(H,25,29). The number of hydrogen-bond donors (Lipinski definition) is 2. The molecule has 0 atom stereocenters. The first-order chi connectivity index (χ1) is 16.8. The number of carbonyl (C=O) groups excluding carboxylic acids is 1. The highest BCUT2D eigenvalue weighted by molar-refractivity contribution is 7.99. The van der Waals surface area contributed by atoms with E-state index in [1.807, 2.05) is 31.2 Å². The Morgan fingerprint density at radius 3 is 2.40 bits per heavy atom. The van der Waals surface area contributed by atoms with Gasteiger partial charge in [-0.2, -0.15) is 0 Å². The third kappa shape index (κ3) is 6.19. The number of amides is 1. The van der Waals surface area contributed by atoms with Gasteiger partial charge in [0.15, 0.2) is 0 Å². The lowest BCUT2D eigenvalue weighted by molar-refractivity contribution is -0.113. The first kappa shape index (κ1) is 24.3. The molecule has 9 nitrogen and oxygen atoms in total. The predicted molar refractivity (Wildman–Crippen MR) is 134 cm³/mol. The minimum atomic E-state index is -3.75. The zero-order valence-corrected chi connectivity index (χ0v) is 20.5. The summed E-state index contributed by atoms with van der Waals surface area (Å²) in [6.07, 6.45) is 0. The molecule has 1 aromatic heterocycles. The number of hydrogen-bond acceptors (Lipinski definition) is 8. The maximum absolute atomic E-state index is 12.6. The summed E-state index contributed by atoms with van der Waals surface area (Å²) in [5.74, 6) is 0.758. The molecule has 1 heterocycles. The summed E-state index contributed by atoms with van der Waals surface area (Å²) in [5.41, 5.74) is 2.72. The van der Waals surface area contributed by atoms with Crippen LogP contribution >= 0.6 is 11.8 Å². The van der Waals surface area contributed by atoms with Crippen molar-refractivity contribution in [1.29, 1.82) is 0 Å². The van der Waals surface area contributed by atoms with Gasteiger partial charge in [-0.15, -0.1) is 10.2 Å². The highest BCUT2D eigenvalue weighted by Gasteiger charge is 2.16. The normalized spacial score (nSPS) is 11.1. The molecular formula is C24H22N4O5S2. The van der Waals surface area contributed by atoms with E-state index in [1.54, 1.807) is 36.4 Å². The highest BCUT2D eigenvalue weighted by Crippen LogP contribution is 2.26. The van der Waals surface area contributed by atoms with E-state index in [2.05, 4.69) is 20.2 Å². The number of methoxy groups -OCH3 is 1. The first-order valence-corrected chi connectivity index (χ1v) is 12.9. The number of para-hydroxylation sites is 1. The van der Waals surface area contributed by atoms with E-state index in [4.69, 9.17) is 9.15 Å². The molecule has 0 aliphatic rings. The van der Waals surface area contributed by atoms with Crippen LogP contribution in [0.3, 0.4) is 0 Å². The number of carbonyl (C=O) groups is 1. The lowest BCUT2D eigenvalue weighted by Gasteiger charge is -2.09. The Kier molecular flexibility index (Phi) is 7.37. The van der Waals surface area contributed by atoms with E-state index in [-0.39, 0.29) is 27.7 Å². The molecule has 0 saturated carbocycles. The molecule has 4 aromatic rings. The van der Waals surface area contributed by atoms with Gasteiger partial charge < -0.3 is 14.5 Å². The molecule has 4 rings (SSSR count). The topological polar surface area (TPSA) is 123 Å². The number of nitrogens with one attached hydrogen (secondary N) is 2. The van der Waals surface area contributed by atoms with Crippen LogP contribution in [0.15, 0.2) is 87.3 Å². The lowest BCUT2D eigenvalue weighted by atomic mass is 10.2. The van der Waals surface area contributed by atoms with E-state index < -0.39 is 10.0 Å². The predicted octanol–water partition coefficient (Wildman–Crippen LogP) is 4.59. The summed E-state index contributed by atoms with van der Waals surface area (Å²) in [4.78, 5) is 12.3. The van der Waals surface area contributed by atoms with Crippen molar-refractivity contribution in [3.8, 4) is 17.2 Å². The maximum Gasteiger partial charge on any atom is 0.277 e. The van der Waals surface area contributed by atoms with Crippen molar-refractivity contribution in [1.82, 2.24) is 10.2 Å². The van der Waals surface area contributed by atoms with Crippen LogP contribution < -0.4 is 14.8 Å². The van der Waals surface area contributed by atoms with E-state index in [9.17, 15) is 13.2 Å². The molecule has 180 valence electrons. The van der Waals surface area contributed by atoms with Crippen molar-refractivity contribution in [3.63, 3.8) is 0 Å². The van der Waals surface area contributed by atoms with E-state index in [0.29, 0.717) is 17.0 Å². The third-order valence-corrected chi connectivity index (χ3v) is 7.12. The molecule has 0 saturated heterocycles. The van der Waals surface area contributed by atoms with Crippen LogP contribution in [0.4, 0.5) is 11.4 Å². The summed E-state index contributed by atoms with van der Waals surface area (Å²) < 4.78 is 38.4. The minimum absolute atomic E-state index is 0.113. The van der Waals surface area contributed by atoms with Gasteiger partial charge in [0.2, 0.25) is 11.8 Å². The van der Waals surface area contributed by atoms with Gasteiger partial charge in [-0.05, 0) is 67.1 Å². The molecular weight excluding hydrogens is 488 g/mol. The number of sulfonamides is 1. The fourth-order valence-corrected chi connectivity index (χ4v) is 4.68. The van der Waals surface area contributed by atoms with Crippen LogP contribution in [0, 0.1) is 6.92 Å². The molecule has 35 heavy (non-hydrogen) atoms. The van der Waals surface area contributed by atoms with Crippen molar-refractivity contribution in [2.24, 2.45) is 0 Å². The van der Waals surface area contributed by atoms with Gasteiger partial charge in [-0.25, -0.2) is 8.42 Å². The monoisotopic (exact) mass is 510 g/mol. The largest absolute Gasteiger partial charge is 0.497 e. The molecule has 2 N–H and O–H groups in total.